The largest absolute Gasteiger partial charge is 0.494 e. The average molecular weight is 426 g/mol. The summed E-state index contributed by atoms with van der Waals surface area (Å²) in [6.45, 7) is 7.12. The molecule has 2 aromatic heterocycles. The molecule has 8 heteroatoms. The van der Waals surface area contributed by atoms with Crippen LogP contribution in [0.25, 0.3) is 10.2 Å². The fraction of sp³-hybridized carbons (Fsp3) is 0.409. The average Bonchev–Trinajstić information content (AvgIpc) is 3.23. The lowest BCUT2D eigenvalue weighted by atomic mass is 10.2. The zero-order chi connectivity index (χ0) is 20.8. The van der Waals surface area contributed by atoms with Crippen molar-refractivity contribution in [1.82, 2.24) is 20.2 Å². The van der Waals surface area contributed by atoms with Crippen molar-refractivity contribution in [2.75, 3.05) is 50.8 Å². The Labute approximate surface area is 180 Å². The zero-order valence-corrected chi connectivity index (χ0v) is 18.0. The van der Waals surface area contributed by atoms with Crippen LogP contribution in [0.5, 0.6) is 5.75 Å². The number of fused-ring (bicyclic) bond motifs is 1. The number of amides is 1. The Balaban J connectivity index is 1.14. The Morgan fingerprint density at radius 3 is 2.90 bits per heavy atom. The van der Waals surface area contributed by atoms with Gasteiger partial charge in [0.15, 0.2) is 0 Å². The molecular formula is C22H27N5O2S. The fourth-order valence-electron chi connectivity index (χ4n) is 3.60. The van der Waals surface area contributed by atoms with Crippen LogP contribution in [0, 0.1) is 6.92 Å². The molecule has 7 nitrogen and oxygen atoms in total. The summed E-state index contributed by atoms with van der Waals surface area (Å²) in [5.74, 6) is 1.95. The maximum absolute atomic E-state index is 12.3. The second-order valence-electron chi connectivity index (χ2n) is 7.47. The summed E-state index contributed by atoms with van der Waals surface area (Å²) in [6, 6.07) is 10.1. The monoisotopic (exact) mass is 425 g/mol. The number of hydrogen-bond acceptors (Lipinski definition) is 7. The van der Waals surface area contributed by atoms with E-state index in [2.05, 4.69) is 36.5 Å². The van der Waals surface area contributed by atoms with Crippen molar-refractivity contribution in [3.05, 3.63) is 47.6 Å². The standard InChI is InChI=1S/C22H27N5O2S/c1-17-4-2-5-18(14-17)29-12-3-7-23-20(28)15-26-8-10-27(11-9-26)21-19-6-13-30-22(19)25-16-24-21/h2,4-6,13-14,16H,3,7-12,15H2,1H3,(H,23,28). The van der Waals surface area contributed by atoms with Gasteiger partial charge >= 0.3 is 0 Å². The van der Waals surface area contributed by atoms with E-state index in [-0.39, 0.29) is 5.91 Å². The molecular weight excluding hydrogens is 398 g/mol. The smallest absolute Gasteiger partial charge is 0.234 e. The highest BCUT2D eigenvalue weighted by molar-refractivity contribution is 7.16. The van der Waals surface area contributed by atoms with Crippen molar-refractivity contribution in [3.63, 3.8) is 0 Å². The van der Waals surface area contributed by atoms with Gasteiger partial charge in [-0.05, 0) is 42.5 Å². The van der Waals surface area contributed by atoms with Crippen molar-refractivity contribution in [1.29, 1.82) is 0 Å². The van der Waals surface area contributed by atoms with Gasteiger partial charge in [-0.3, -0.25) is 9.69 Å². The maximum Gasteiger partial charge on any atom is 0.234 e. The van der Waals surface area contributed by atoms with Gasteiger partial charge in [0.05, 0.1) is 18.5 Å². The van der Waals surface area contributed by atoms with Crippen molar-refractivity contribution in [2.45, 2.75) is 13.3 Å². The van der Waals surface area contributed by atoms with E-state index in [4.69, 9.17) is 4.74 Å². The molecule has 0 spiro atoms. The third kappa shape index (κ3) is 5.25. The lowest BCUT2D eigenvalue weighted by Gasteiger charge is -2.35. The molecule has 0 radical (unpaired) electrons. The quantitative estimate of drug-likeness (QED) is 0.560. The summed E-state index contributed by atoms with van der Waals surface area (Å²) in [5.41, 5.74) is 1.18. The number of piperazine rings is 1. The Bertz CT molecular complexity index is 984. The second-order valence-corrected chi connectivity index (χ2v) is 8.36. The van der Waals surface area contributed by atoms with Crippen molar-refractivity contribution >= 4 is 33.3 Å². The molecule has 1 aliphatic heterocycles. The number of nitrogens with one attached hydrogen (secondary N) is 1. The van der Waals surface area contributed by atoms with E-state index in [1.165, 1.54) is 5.56 Å². The predicted octanol–water partition coefficient (Wildman–Crippen LogP) is 2.71. The van der Waals surface area contributed by atoms with Gasteiger partial charge in [-0.1, -0.05) is 12.1 Å². The van der Waals surface area contributed by atoms with E-state index < -0.39 is 0 Å². The third-order valence-corrected chi connectivity index (χ3v) is 6.00. The molecule has 4 rings (SSSR count). The summed E-state index contributed by atoms with van der Waals surface area (Å²) in [7, 11) is 0. The van der Waals surface area contributed by atoms with Gasteiger partial charge in [0.2, 0.25) is 5.91 Å². The Hall–Kier alpha value is -2.71. The van der Waals surface area contributed by atoms with Gasteiger partial charge in [-0.25, -0.2) is 9.97 Å². The molecule has 1 N–H and O–H groups in total. The van der Waals surface area contributed by atoms with Gasteiger partial charge in [0.25, 0.3) is 0 Å². The van der Waals surface area contributed by atoms with Crippen LogP contribution < -0.4 is 15.0 Å². The van der Waals surface area contributed by atoms with Crippen LogP contribution in [0.4, 0.5) is 5.82 Å². The predicted molar refractivity (Wildman–Crippen MR) is 120 cm³/mol. The molecule has 0 atom stereocenters. The first kappa shape index (κ1) is 20.6. The fourth-order valence-corrected chi connectivity index (χ4v) is 4.33. The lowest BCUT2D eigenvalue weighted by molar-refractivity contribution is -0.122. The number of carbonyl (C=O) groups is 1. The molecule has 1 amide bonds. The number of thiophene rings is 1. The van der Waals surface area contributed by atoms with Crippen molar-refractivity contribution in [3.8, 4) is 5.75 Å². The molecule has 1 aromatic carbocycles. The van der Waals surface area contributed by atoms with E-state index in [0.717, 1.165) is 54.4 Å². The number of aromatic nitrogens is 2. The van der Waals surface area contributed by atoms with E-state index in [1.807, 2.05) is 31.2 Å². The number of anilines is 1. The maximum atomic E-state index is 12.3. The topological polar surface area (TPSA) is 70.6 Å². The number of carbonyl (C=O) groups excluding carboxylic acids is 1. The normalized spacial score (nSPS) is 14.8. The van der Waals surface area contributed by atoms with Crippen LogP contribution >= 0.6 is 11.3 Å². The van der Waals surface area contributed by atoms with Crippen LogP contribution in [-0.4, -0.2) is 66.7 Å². The highest BCUT2D eigenvalue weighted by atomic mass is 32.1. The minimum Gasteiger partial charge on any atom is -0.494 e. The summed E-state index contributed by atoms with van der Waals surface area (Å²) >= 11 is 1.63. The van der Waals surface area contributed by atoms with Crippen LogP contribution in [0.15, 0.2) is 42.0 Å². The second kappa shape index (κ2) is 9.86. The third-order valence-electron chi connectivity index (χ3n) is 5.18. The van der Waals surface area contributed by atoms with Gasteiger partial charge < -0.3 is 15.0 Å². The minimum absolute atomic E-state index is 0.0706. The number of aryl methyl sites for hydroxylation is 1. The number of hydrogen-bond donors (Lipinski definition) is 1. The summed E-state index contributed by atoms with van der Waals surface area (Å²) in [4.78, 5) is 26.6. The van der Waals surface area contributed by atoms with E-state index in [9.17, 15) is 4.79 Å². The zero-order valence-electron chi connectivity index (χ0n) is 17.2. The molecule has 0 saturated carbocycles. The number of nitrogens with zero attached hydrogens (tertiary/aromatic N) is 4. The lowest BCUT2D eigenvalue weighted by Crippen LogP contribution is -2.49. The molecule has 1 aliphatic rings. The summed E-state index contributed by atoms with van der Waals surface area (Å²) in [5, 5.41) is 6.16. The molecule has 1 fully saturated rings. The number of ether oxygens (including phenoxy) is 1. The van der Waals surface area contributed by atoms with Gasteiger partial charge in [0, 0.05) is 32.7 Å². The van der Waals surface area contributed by atoms with Crippen LogP contribution in [0.1, 0.15) is 12.0 Å². The Morgan fingerprint density at radius 2 is 2.07 bits per heavy atom. The van der Waals surface area contributed by atoms with Gasteiger partial charge in [0.1, 0.15) is 22.7 Å². The molecule has 0 aliphatic carbocycles. The molecule has 1 saturated heterocycles. The van der Waals surface area contributed by atoms with Crippen molar-refractivity contribution < 1.29 is 9.53 Å². The van der Waals surface area contributed by atoms with Crippen LogP contribution in [-0.2, 0) is 4.79 Å². The highest BCUT2D eigenvalue weighted by Crippen LogP contribution is 2.27. The molecule has 158 valence electrons. The first-order valence-corrected chi connectivity index (χ1v) is 11.2. The Kier molecular flexibility index (Phi) is 6.76. The number of rotatable bonds is 8. The van der Waals surface area contributed by atoms with Gasteiger partial charge in [-0.15, -0.1) is 11.3 Å². The van der Waals surface area contributed by atoms with Gasteiger partial charge in [-0.2, -0.15) is 0 Å². The molecule has 0 unspecified atom stereocenters. The molecule has 0 bridgehead atoms. The SMILES string of the molecule is Cc1cccc(OCCCNC(=O)CN2CCN(c3ncnc4sccc34)CC2)c1. The first-order chi connectivity index (χ1) is 14.7. The Morgan fingerprint density at radius 1 is 1.20 bits per heavy atom. The number of benzene rings is 1. The van der Waals surface area contributed by atoms with E-state index in [1.54, 1.807) is 17.7 Å². The van der Waals surface area contributed by atoms with E-state index in [0.29, 0.717) is 19.7 Å². The molecule has 30 heavy (non-hydrogen) atoms. The minimum atomic E-state index is 0.0706. The molecule has 3 heterocycles. The summed E-state index contributed by atoms with van der Waals surface area (Å²) in [6.07, 6.45) is 2.43. The van der Waals surface area contributed by atoms with Crippen molar-refractivity contribution in [2.24, 2.45) is 0 Å². The van der Waals surface area contributed by atoms with E-state index >= 15 is 0 Å². The summed E-state index contributed by atoms with van der Waals surface area (Å²) < 4.78 is 5.72. The van der Waals surface area contributed by atoms with Crippen LogP contribution in [0.3, 0.4) is 0 Å². The first-order valence-electron chi connectivity index (χ1n) is 10.3. The highest BCUT2D eigenvalue weighted by Gasteiger charge is 2.21. The molecule has 3 aromatic rings. The van der Waals surface area contributed by atoms with Crippen LogP contribution in [0.2, 0.25) is 0 Å².